The van der Waals surface area contributed by atoms with E-state index in [9.17, 15) is 9.59 Å². The van der Waals surface area contributed by atoms with E-state index in [1.165, 1.54) is 0 Å². The minimum Gasteiger partial charge on any atom is -0.361 e. The SMILES string of the molecule is Cc1cc(C(=O)N2CCN(C(=O)c3ccc4nc[nH]c4c3)CC2)no1. The second kappa shape index (κ2) is 6.04. The number of hydrogen-bond acceptors (Lipinski definition) is 5. The molecule has 8 heteroatoms. The van der Waals surface area contributed by atoms with Gasteiger partial charge in [-0.3, -0.25) is 9.59 Å². The van der Waals surface area contributed by atoms with Crippen LogP contribution in [0.4, 0.5) is 0 Å². The Bertz CT molecular complexity index is 937. The molecule has 0 atom stereocenters. The quantitative estimate of drug-likeness (QED) is 0.762. The molecule has 1 N–H and O–H groups in total. The molecular weight excluding hydrogens is 322 g/mol. The number of hydrogen-bond donors (Lipinski definition) is 1. The first-order valence-electron chi connectivity index (χ1n) is 8.07. The molecule has 1 aliphatic heterocycles. The molecule has 0 unspecified atom stereocenters. The van der Waals surface area contributed by atoms with Gasteiger partial charge in [0.15, 0.2) is 5.69 Å². The Hall–Kier alpha value is -3.16. The fraction of sp³-hybridized carbons (Fsp3) is 0.294. The van der Waals surface area contributed by atoms with Crippen LogP contribution < -0.4 is 0 Å². The average Bonchev–Trinajstić information content (AvgIpc) is 3.28. The predicted octanol–water partition coefficient (Wildman–Crippen LogP) is 1.46. The Morgan fingerprint density at radius 3 is 2.48 bits per heavy atom. The standard InChI is InChI=1S/C17H17N5O3/c1-11-8-15(20-25-11)17(24)22-6-4-21(5-7-22)16(23)12-2-3-13-14(9-12)19-10-18-13/h2-3,8-10H,4-7H2,1H3,(H,18,19). The third kappa shape index (κ3) is 2.86. The van der Waals surface area contributed by atoms with Crippen LogP contribution in [0.15, 0.2) is 35.1 Å². The summed E-state index contributed by atoms with van der Waals surface area (Å²) in [4.78, 5) is 35.7. The number of aromatic nitrogens is 3. The minimum atomic E-state index is -0.164. The smallest absolute Gasteiger partial charge is 0.276 e. The summed E-state index contributed by atoms with van der Waals surface area (Å²) in [5.41, 5.74) is 2.58. The Morgan fingerprint density at radius 1 is 1.08 bits per heavy atom. The van der Waals surface area contributed by atoms with Crippen molar-refractivity contribution in [1.29, 1.82) is 0 Å². The number of piperazine rings is 1. The molecule has 1 aliphatic rings. The molecule has 3 aromatic rings. The number of benzene rings is 1. The molecule has 3 heterocycles. The fourth-order valence-corrected chi connectivity index (χ4v) is 2.99. The highest BCUT2D eigenvalue weighted by molar-refractivity contribution is 5.97. The monoisotopic (exact) mass is 339 g/mol. The van der Waals surface area contributed by atoms with Crippen molar-refractivity contribution in [2.75, 3.05) is 26.2 Å². The van der Waals surface area contributed by atoms with Gasteiger partial charge >= 0.3 is 0 Å². The molecule has 1 saturated heterocycles. The van der Waals surface area contributed by atoms with Crippen LogP contribution in [0, 0.1) is 6.92 Å². The van der Waals surface area contributed by atoms with Gasteiger partial charge in [-0.15, -0.1) is 0 Å². The van der Waals surface area contributed by atoms with Gasteiger partial charge < -0.3 is 19.3 Å². The largest absolute Gasteiger partial charge is 0.361 e. The molecule has 0 radical (unpaired) electrons. The molecular formula is C17H17N5O3. The lowest BCUT2D eigenvalue weighted by Crippen LogP contribution is -2.50. The summed E-state index contributed by atoms with van der Waals surface area (Å²) in [7, 11) is 0. The number of nitrogens with one attached hydrogen (secondary N) is 1. The molecule has 0 aliphatic carbocycles. The zero-order valence-electron chi connectivity index (χ0n) is 13.7. The van der Waals surface area contributed by atoms with Crippen LogP contribution in [-0.2, 0) is 0 Å². The van der Waals surface area contributed by atoms with Crippen LogP contribution >= 0.6 is 0 Å². The molecule has 0 spiro atoms. The van der Waals surface area contributed by atoms with Crippen molar-refractivity contribution in [3.8, 4) is 0 Å². The van der Waals surface area contributed by atoms with Crippen molar-refractivity contribution >= 4 is 22.8 Å². The van der Waals surface area contributed by atoms with Gasteiger partial charge in [0.25, 0.3) is 11.8 Å². The van der Waals surface area contributed by atoms with Crippen molar-refractivity contribution in [2.45, 2.75) is 6.92 Å². The molecule has 128 valence electrons. The highest BCUT2D eigenvalue weighted by Gasteiger charge is 2.27. The molecule has 8 nitrogen and oxygen atoms in total. The number of imidazole rings is 1. The Labute approximate surface area is 143 Å². The Morgan fingerprint density at radius 2 is 1.80 bits per heavy atom. The number of nitrogens with zero attached hydrogens (tertiary/aromatic N) is 4. The van der Waals surface area contributed by atoms with E-state index in [0.29, 0.717) is 43.2 Å². The molecule has 0 bridgehead atoms. The molecule has 2 amide bonds. The van der Waals surface area contributed by atoms with E-state index < -0.39 is 0 Å². The number of amides is 2. The Balaban J connectivity index is 1.42. The zero-order valence-corrected chi connectivity index (χ0v) is 13.7. The first-order valence-corrected chi connectivity index (χ1v) is 8.07. The third-order valence-electron chi connectivity index (χ3n) is 4.37. The van der Waals surface area contributed by atoms with E-state index in [1.54, 1.807) is 41.2 Å². The minimum absolute atomic E-state index is 0.0409. The van der Waals surface area contributed by atoms with E-state index in [4.69, 9.17) is 4.52 Å². The molecule has 2 aromatic heterocycles. The normalized spacial score (nSPS) is 14.9. The number of aryl methyl sites for hydroxylation is 1. The fourth-order valence-electron chi connectivity index (χ4n) is 2.99. The third-order valence-corrected chi connectivity index (χ3v) is 4.37. The lowest BCUT2D eigenvalue weighted by Gasteiger charge is -2.34. The highest BCUT2D eigenvalue weighted by Crippen LogP contribution is 2.15. The molecule has 25 heavy (non-hydrogen) atoms. The van der Waals surface area contributed by atoms with Crippen molar-refractivity contribution < 1.29 is 14.1 Å². The van der Waals surface area contributed by atoms with Crippen LogP contribution in [0.1, 0.15) is 26.6 Å². The van der Waals surface area contributed by atoms with Crippen LogP contribution in [0.25, 0.3) is 11.0 Å². The topological polar surface area (TPSA) is 95.3 Å². The molecule has 1 fully saturated rings. The van der Waals surface area contributed by atoms with Crippen molar-refractivity contribution in [2.24, 2.45) is 0 Å². The Kier molecular flexibility index (Phi) is 3.72. The van der Waals surface area contributed by atoms with Crippen LogP contribution in [0.3, 0.4) is 0 Å². The van der Waals surface area contributed by atoms with E-state index in [0.717, 1.165) is 11.0 Å². The van der Waals surface area contributed by atoms with Crippen molar-refractivity contribution in [3.05, 3.63) is 47.6 Å². The zero-order chi connectivity index (χ0) is 17.4. The number of fused-ring (bicyclic) bond motifs is 1. The first kappa shape index (κ1) is 15.4. The van der Waals surface area contributed by atoms with Gasteiger partial charge in [0.05, 0.1) is 17.4 Å². The second-order valence-corrected chi connectivity index (χ2v) is 6.04. The van der Waals surface area contributed by atoms with Crippen LogP contribution in [0.2, 0.25) is 0 Å². The maximum atomic E-state index is 12.7. The van der Waals surface area contributed by atoms with E-state index in [2.05, 4.69) is 15.1 Å². The number of carbonyl (C=O) groups excluding carboxylic acids is 2. The number of H-pyrrole nitrogens is 1. The molecule has 1 aromatic carbocycles. The van der Waals surface area contributed by atoms with Gasteiger partial charge in [-0.2, -0.15) is 0 Å². The summed E-state index contributed by atoms with van der Waals surface area (Å²) in [6.45, 7) is 3.67. The van der Waals surface area contributed by atoms with Gasteiger partial charge in [-0.05, 0) is 25.1 Å². The summed E-state index contributed by atoms with van der Waals surface area (Å²) in [5.74, 6) is 0.398. The van der Waals surface area contributed by atoms with Crippen LogP contribution in [0.5, 0.6) is 0 Å². The van der Waals surface area contributed by atoms with Crippen molar-refractivity contribution in [3.63, 3.8) is 0 Å². The molecule has 0 saturated carbocycles. The lowest BCUT2D eigenvalue weighted by atomic mass is 10.1. The highest BCUT2D eigenvalue weighted by atomic mass is 16.5. The summed E-state index contributed by atoms with van der Waals surface area (Å²) in [5, 5.41) is 3.76. The second-order valence-electron chi connectivity index (χ2n) is 6.04. The maximum Gasteiger partial charge on any atom is 0.276 e. The molecule has 4 rings (SSSR count). The van der Waals surface area contributed by atoms with Crippen LogP contribution in [-0.4, -0.2) is 62.9 Å². The summed E-state index contributed by atoms with van der Waals surface area (Å²) >= 11 is 0. The number of rotatable bonds is 2. The summed E-state index contributed by atoms with van der Waals surface area (Å²) in [6, 6.07) is 7.03. The van der Waals surface area contributed by atoms with Gasteiger partial charge in [-0.25, -0.2) is 4.98 Å². The summed E-state index contributed by atoms with van der Waals surface area (Å²) in [6.07, 6.45) is 1.61. The first-order chi connectivity index (χ1) is 12.1. The van der Waals surface area contributed by atoms with E-state index >= 15 is 0 Å². The van der Waals surface area contributed by atoms with Gasteiger partial charge in [0.1, 0.15) is 5.76 Å². The van der Waals surface area contributed by atoms with Gasteiger partial charge in [0.2, 0.25) is 0 Å². The maximum absolute atomic E-state index is 12.7. The number of carbonyl (C=O) groups is 2. The predicted molar refractivity (Wildman–Crippen MR) is 89.1 cm³/mol. The number of aromatic amines is 1. The lowest BCUT2D eigenvalue weighted by molar-refractivity contribution is 0.0530. The van der Waals surface area contributed by atoms with E-state index in [-0.39, 0.29) is 11.8 Å². The van der Waals surface area contributed by atoms with E-state index in [1.807, 2.05) is 6.07 Å². The van der Waals surface area contributed by atoms with Gasteiger partial charge in [-0.1, -0.05) is 5.16 Å². The average molecular weight is 339 g/mol. The summed E-state index contributed by atoms with van der Waals surface area (Å²) < 4.78 is 4.95. The van der Waals surface area contributed by atoms with Gasteiger partial charge in [0, 0.05) is 37.8 Å². The van der Waals surface area contributed by atoms with Crippen molar-refractivity contribution in [1.82, 2.24) is 24.9 Å².